The quantitative estimate of drug-likeness (QED) is 0.161. The minimum absolute atomic E-state index is 0.113. The summed E-state index contributed by atoms with van der Waals surface area (Å²) in [5, 5.41) is 7.22. The zero-order valence-corrected chi connectivity index (χ0v) is 35.9. The van der Waals surface area contributed by atoms with E-state index in [0.29, 0.717) is 18.2 Å². The number of aryl methyl sites for hydroxylation is 1. The van der Waals surface area contributed by atoms with Gasteiger partial charge in [0.25, 0.3) is 0 Å². The predicted molar refractivity (Wildman–Crippen MR) is 270 cm³/mol. The van der Waals surface area contributed by atoms with Crippen LogP contribution in [-0.4, -0.2) is 28.7 Å². The maximum absolute atomic E-state index is 5.53. The summed E-state index contributed by atoms with van der Waals surface area (Å²) in [6, 6.07) is 76.3. The average Bonchev–Trinajstić information content (AvgIpc) is 4.11. The number of rotatable bonds is 7. The molecule has 0 amide bonds. The molecule has 13 aromatic rings. The lowest BCUT2D eigenvalue weighted by Crippen LogP contribution is -2.10. The summed E-state index contributed by atoms with van der Waals surface area (Å²) in [4.78, 5) is 16.3. The summed E-state index contributed by atoms with van der Waals surface area (Å²) in [6.45, 7) is 0. The van der Waals surface area contributed by atoms with E-state index in [1.807, 2.05) is 6.07 Å². The first-order chi connectivity index (χ1) is 32.8. The van der Waals surface area contributed by atoms with E-state index in [0.717, 1.165) is 62.0 Å². The minimum atomic E-state index is 0.113. The van der Waals surface area contributed by atoms with Crippen LogP contribution in [0.2, 0.25) is 0 Å². The summed E-state index contributed by atoms with van der Waals surface area (Å²) < 4.78 is 7.19. The van der Waals surface area contributed by atoms with Crippen LogP contribution in [0.4, 0.5) is 0 Å². The first-order valence-corrected chi connectivity index (χ1v) is 22.8. The molecule has 0 aliphatic heterocycles. The fraction of sp³-hybridized carbons (Fsp3) is 0.0500. The second-order valence-electron chi connectivity index (χ2n) is 17.4. The smallest absolute Gasteiger partial charge is 0.238 e. The Morgan fingerprint density at radius 2 is 0.848 bits per heavy atom. The molecule has 1 atom stereocenters. The van der Waals surface area contributed by atoms with Gasteiger partial charge >= 0.3 is 0 Å². The Bertz CT molecular complexity index is 4050. The van der Waals surface area contributed by atoms with Crippen LogP contribution < -0.4 is 0 Å². The van der Waals surface area contributed by atoms with Crippen LogP contribution in [0.1, 0.15) is 29.3 Å². The van der Waals surface area contributed by atoms with Crippen molar-refractivity contribution in [1.82, 2.24) is 28.7 Å². The highest BCUT2D eigenvalue weighted by atomic mass is 15.2. The third-order valence-electron chi connectivity index (χ3n) is 13.9. The molecule has 6 nitrogen and oxygen atoms in total. The largest absolute Gasteiger partial charge is 0.309 e. The zero-order chi connectivity index (χ0) is 43.3. The summed E-state index contributed by atoms with van der Waals surface area (Å²) in [7, 11) is 0. The van der Waals surface area contributed by atoms with Crippen molar-refractivity contribution in [3.63, 3.8) is 0 Å². The van der Waals surface area contributed by atoms with E-state index in [-0.39, 0.29) is 5.92 Å². The van der Waals surface area contributed by atoms with Gasteiger partial charge in [-0.2, -0.15) is 9.97 Å². The van der Waals surface area contributed by atoms with E-state index >= 15 is 0 Å². The molecule has 14 rings (SSSR count). The first kappa shape index (κ1) is 36.8. The number of benzene rings is 9. The molecule has 0 spiro atoms. The van der Waals surface area contributed by atoms with Crippen molar-refractivity contribution in [2.75, 3.05) is 0 Å². The van der Waals surface area contributed by atoms with Crippen LogP contribution in [0, 0.1) is 0 Å². The highest BCUT2D eigenvalue weighted by Crippen LogP contribution is 2.51. The molecule has 4 aromatic heterocycles. The number of nitrogens with zero attached hydrogens (tertiary/aromatic N) is 6. The van der Waals surface area contributed by atoms with Crippen LogP contribution in [-0.2, 0) is 6.42 Å². The molecule has 66 heavy (non-hydrogen) atoms. The van der Waals surface area contributed by atoms with Gasteiger partial charge in [0.05, 0.1) is 33.1 Å². The molecule has 0 N–H and O–H groups in total. The van der Waals surface area contributed by atoms with Crippen molar-refractivity contribution in [3.05, 3.63) is 229 Å². The molecule has 9 aromatic carbocycles. The van der Waals surface area contributed by atoms with Crippen molar-refractivity contribution in [1.29, 1.82) is 0 Å². The highest BCUT2D eigenvalue weighted by Gasteiger charge is 2.33. The highest BCUT2D eigenvalue weighted by molar-refractivity contribution is 6.23. The fourth-order valence-electron chi connectivity index (χ4n) is 11.2. The van der Waals surface area contributed by atoms with Crippen LogP contribution in [0.15, 0.2) is 212 Å². The lowest BCUT2D eigenvalue weighted by Gasteiger charge is -2.18. The van der Waals surface area contributed by atoms with Gasteiger partial charge in [0.1, 0.15) is 5.82 Å². The Hall–Kier alpha value is -8.61. The van der Waals surface area contributed by atoms with E-state index in [4.69, 9.17) is 15.0 Å². The van der Waals surface area contributed by atoms with E-state index in [9.17, 15) is 0 Å². The summed E-state index contributed by atoms with van der Waals surface area (Å²) >= 11 is 0. The predicted octanol–water partition coefficient (Wildman–Crippen LogP) is 14.6. The van der Waals surface area contributed by atoms with Gasteiger partial charge in [0.2, 0.25) is 5.95 Å². The molecule has 0 bridgehead atoms. The maximum Gasteiger partial charge on any atom is 0.238 e. The zero-order valence-electron chi connectivity index (χ0n) is 35.9. The maximum atomic E-state index is 5.53. The van der Waals surface area contributed by atoms with Crippen LogP contribution >= 0.6 is 0 Å². The van der Waals surface area contributed by atoms with E-state index < -0.39 is 0 Å². The third-order valence-corrected chi connectivity index (χ3v) is 13.9. The topological polar surface area (TPSA) is 53.5 Å². The molecule has 4 heterocycles. The van der Waals surface area contributed by atoms with Gasteiger partial charge in [-0.15, -0.1) is 0 Å². The molecule has 0 saturated heterocycles. The Kier molecular flexibility index (Phi) is 8.07. The second kappa shape index (κ2) is 14.5. The Balaban J connectivity index is 0.997. The lowest BCUT2D eigenvalue weighted by molar-refractivity contribution is 0.695. The van der Waals surface area contributed by atoms with Crippen molar-refractivity contribution in [3.8, 4) is 39.8 Å². The van der Waals surface area contributed by atoms with Crippen molar-refractivity contribution in [2.24, 2.45) is 0 Å². The summed E-state index contributed by atoms with van der Waals surface area (Å²) in [5.41, 5.74) is 15.4. The Morgan fingerprint density at radius 3 is 1.48 bits per heavy atom. The number of para-hydroxylation sites is 5. The van der Waals surface area contributed by atoms with E-state index in [1.165, 1.54) is 54.8 Å². The van der Waals surface area contributed by atoms with Crippen molar-refractivity contribution < 1.29 is 0 Å². The fourth-order valence-corrected chi connectivity index (χ4v) is 11.2. The summed E-state index contributed by atoms with van der Waals surface area (Å²) in [5.74, 6) is 2.15. The van der Waals surface area contributed by atoms with Gasteiger partial charge in [-0.05, 0) is 71.1 Å². The molecule has 6 heteroatoms. The molecule has 0 fully saturated rings. The monoisotopic (exact) mass is 844 g/mol. The Labute approximate surface area is 380 Å². The standard InChI is InChI=1S/C60H40N6/c1-4-18-38(19-5-1)59-61-54(37-36-47-42-25-11-10-24-41(42)46-32-33-48-43-26-12-15-29-51(43)64(56(48)55(46)47)39-20-6-2-7-21-39)62-60(63-59)66-53-31-17-14-28-45(53)50-35-34-49-44-27-13-16-30-52(44)65(57(49)58(50)66)40-22-8-3-9-23-40/h1-35,47H,36-37H2. The average molecular weight is 845 g/mol. The normalized spacial score (nSPS) is 13.4. The van der Waals surface area contributed by atoms with Gasteiger partial charge in [0.15, 0.2) is 5.82 Å². The van der Waals surface area contributed by atoms with Crippen molar-refractivity contribution in [2.45, 2.75) is 18.8 Å². The molecular formula is C60H40N6. The van der Waals surface area contributed by atoms with Crippen LogP contribution in [0.3, 0.4) is 0 Å². The molecule has 1 aliphatic rings. The van der Waals surface area contributed by atoms with Gasteiger partial charge < -0.3 is 9.13 Å². The first-order valence-electron chi connectivity index (χ1n) is 22.8. The number of aromatic nitrogens is 6. The van der Waals surface area contributed by atoms with E-state index in [2.05, 4.69) is 220 Å². The van der Waals surface area contributed by atoms with Gasteiger partial charge in [-0.1, -0.05) is 170 Å². The SMILES string of the molecule is c1ccc(-c2nc(CCC3c4ccccc4-c4ccc5c6ccccc6n(-c6ccccc6)c5c43)nc(-n3c4ccccc4c4ccc5c6ccccc6n(-c6ccccc6)c5c43)n2)cc1. The van der Waals surface area contributed by atoms with Crippen molar-refractivity contribution >= 4 is 65.4 Å². The van der Waals surface area contributed by atoms with Gasteiger partial charge in [-0.3, -0.25) is 4.57 Å². The second-order valence-corrected chi connectivity index (χ2v) is 17.4. The van der Waals surface area contributed by atoms with Crippen LogP contribution in [0.25, 0.3) is 105 Å². The van der Waals surface area contributed by atoms with Gasteiger partial charge in [-0.25, -0.2) is 4.98 Å². The molecular weight excluding hydrogens is 805 g/mol. The molecule has 310 valence electrons. The molecule has 0 saturated carbocycles. The van der Waals surface area contributed by atoms with E-state index in [1.54, 1.807) is 0 Å². The number of hydrogen-bond donors (Lipinski definition) is 0. The molecule has 1 unspecified atom stereocenters. The molecule has 0 radical (unpaired) electrons. The third kappa shape index (κ3) is 5.39. The van der Waals surface area contributed by atoms with Gasteiger partial charge in [0, 0.05) is 61.6 Å². The summed E-state index contributed by atoms with van der Waals surface area (Å²) in [6.07, 6.45) is 1.46. The molecule has 1 aliphatic carbocycles. The minimum Gasteiger partial charge on any atom is -0.309 e. The van der Waals surface area contributed by atoms with Crippen LogP contribution in [0.5, 0.6) is 0 Å². The lowest BCUT2D eigenvalue weighted by atomic mass is 9.90. The Morgan fingerprint density at radius 1 is 0.364 bits per heavy atom. The number of hydrogen-bond acceptors (Lipinski definition) is 3. The number of fused-ring (bicyclic) bond motifs is 14.